The summed E-state index contributed by atoms with van der Waals surface area (Å²) in [6.07, 6.45) is 9.99. The topological polar surface area (TPSA) is 56.1 Å². The Morgan fingerprint density at radius 1 is 1.14 bits per heavy atom. The minimum Gasteiger partial charge on any atom is -0.378 e. The molecule has 0 bridgehead atoms. The van der Waals surface area contributed by atoms with E-state index >= 15 is 0 Å². The van der Waals surface area contributed by atoms with Gasteiger partial charge in [-0.05, 0) is 43.2 Å². The highest BCUT2D eigenvalue weighted by molar-refractivity contribution is 5.92. The first-order valence-electron chi connectivity index (χ1n) is 10.7. The third-order valence-electron chi connectivity index (χ3n) is 6.52. The number of hydrogen-bond donors (Lipinski definition) is 0. The molecule has 1 atom stereocenters. The third kappa shape index (κ3) is 2.85. The first kappa shape index (κ1) is 17.2. The van der Waals surface area contributed by atoms with E-state index in [-0.39, 0.29) is 0 Å². The quantitative estimate of drug-likeness (QED) is 0.680. The SMILES string of the molecule is CC(C1CC1)n1cnc2c(-c3cccc4c3C=CC4)nc(N3CCOCC3)nc21. The Hall–Kier alpha value is -2.73. The molecule has 0 amide bonds. The fourth-order valence-electron chi connectivity index (χ4n) is 4.60. The molecule has 3 aromatic rings. The fraction of sp³-hybridized carbons (Fsp3) is 0.435. The van der Waals surface area contributed by atoms with Crippen molar-refractivity contribution in [3.8, 4) is 11.3 Å². The molecule has 1 aromatic carbocycles. The van der Waals surface area contributed by atoms with Crippen LogP contribution in [0.4, 0.5) is 5.95 Å². The largest absolute Gasteiger partial charge is 0.378 e. The highest BCUT2D eigenvalue weighted by atomic mass is 16.5. The Kier molecular flexibility index (Phi) is 3.94. The van der Waals surface area contributed by atoms with Crippen LogP contribution in [0.5, 0.6) is 0 Å². The summed E-state index contributed by atoms with van der Waals surface area (Å²) in [5.41, 5.74) is 6.58. The molecule has 1 saturated heterocycles. The molecule has 2 aliphatic carbocycles. The molecule has 0 radical (unpaired) electrons. The number of hydrogen-bond acceptors (Lipinski definition) is 5. The number of ether oxygens (including phenoxy) is 1. The monoisotopic (exact) mass is 387 g/mol. The van der Waals surface area contributed by atoms with Crippen molar-refractivity contribution in [1.29, 1.82) is 0 Å². The average molecular weight is 387 g/mol. The molecule has 2 fully saturated rings. The van der Waals surface area contributed by atoms with Crippen molar-refractivity contribution in [2.45, 2.75) is 32.2 Å². The number of nitrogens with zero attached hydrogens (tertiary/aromatic N) is 5. The molecule has 29 heavy (non-hydrogen) atoms. The Bertz CT molecular complexity index is 1110. The zero-order valence-electron chi connectivity index (χ0n) is 16.7. The van der Waals surface area contributed by atoms with Crippen LogP contribution in [0.25, 0.3) is 28.5 Å². The van der Waals surface area contributed by atoms with Gasteiger partial charge in [0.25, 0.3) is 0 Å². The molecule has 0 spiro atoms. The van der Waals surface area contributed by atoms with Crippen molar-refractivity contribution in [1.82, 2.24) is 19.5 Å². The van der Waals surface area contributed by atoms with Gasteiger partial charge in [-0.3, -0.25) is 0 Å². The van der Waals surface area contributed by atoms with E-state index in [1.54, 1.807) is 0 Å². The van der Waals surface area contributed by atoms with E-state index in [0.717, 1.165) is 67.0 Å². The van der Waals surface area contributed by atoms with Crippen LogP contribution in [0, 0.1) is 5.92 Å². The summed E-state index contributed by atoms with van der Waals surface area (Å²) >= 11 is 0. The van der Waals surface area contributed by atoms with Crippen molar-refractivity contribution in [3.63, 3.8) is 0 Å². The van der Waals surface area contributed by atoms with Crippen LogP contribution in [0.2, 0.25) is 0 Å². The van der Waals surface area contributed by atoms with Crippen LogP contribution < -0.4 is 4.90 Å². The molecule has 2 aromatic heterocycles. The first-order valence-corrected chi connectivity index (χ1v) is 10.7. The summed E-state index contributed by atoms with van der Waals surface area (Å²) in [6, 6.07) is 6.92. The smallest absolute Gasteiger partial charge is 0.228 e. The number of allylic oxidation sites excluding steroid dienone is 1. The molecule has 6 rings (SSSR count). The second kappa shape index (κ2) is 6.66. The van der Waals surface area contributed by atoms with Crippen molar-refractivity contribution < 1.29 is 4.74 Å². The number of benzene rings is 1. The lowest BCUT2D eigenvalue weighted by Gasteiger charge is -2.27. The van der Waals surface area contributed by atoms with Crippen LogP contribution in [0.3, 0.4) is 0 Å². The van der Waals surface area contributed by atoms with Crippen LogP contribution in [0.1, 0.15) is 36.9 Å². The van der Waals surface area contributed by atoms with E-state index in [9.17, 15) is 0 Å². The number of morpholine rings is 1. The van der Waals surface area contributed by atoms with Gasteiger partial charge in [0, 0.05) is 24.7 Å². The van der Waals surface area contributed by atoms with Gasteiger partial charge in [-0.1, -0.05) is 30.4 Å². The highest BCUT2D eigenvalue weighted by Gasteiger charge is 2.31. The molecule has 148 valence electrons. The van der Waals surface area contributed by atoms with E-state index in [2.05, 4.69) is 46.7 Å². The summed E-state index contributed by atoms with van der Waals surface area (Å²) in [5.74, 6) is 1.53. The van der Waals surface area contributed by atoms with E-state index in [4.69, 9.17) is 19.7 Å². The normalized spacial score (nSPS) is 19.7. The second-order valence-electron chi connectivity index (χ2n) is 8.36. The Labute approximate surface area is 170 Å². The number of rotatable bonds is 4. The van der Waals surface area contributed by atoms with E-state index in [1.165, 1.54) is 24.0 Å². The maximum Gasteiger partial charge on any atom is 0.228 e. The maximum absolute atomic E-state index is 5.55. The Balaban J connectivity index is 1.57. The molecule has 1 unspecified atom stereocenters. The van der Waals surface area contributed by atoms with Crippen LogP contribution in [0.15, 0.2) is 30.6 Å². The van der Waals surface area contributed by atoms with E-state index in [0.29, 0.717) is 6.04 Å². The van der Waals surface area contributed by atoms with E-state index in [1.807, 2.05) is 6.33 Å². The zero-order chi connectivity index (χ0) is 19.4. The Morgan fingerprint density at radius 3 is 2.83 bits per heavy atom. The van der Waals surface area contributed by atoms with Gasteiger partial charge in [0.2, 0.25) is 5.95 Å². The van der Waals surface area contributed by atoms with Crippen molar-refractivity contribution >= 4 is 23.2 Å². The summed E-state index contributed by atoms with van der Waals surface area (Å²) in [4.78, 5) is 17.1. The minimum absolute atomic E-state index is 0.418. The molecule has 6 nitrogen and oxygen atoms in total. The van der Waals surface area contributed by atoms with Crippen LogP contribution >= 0.6 is 0 Å². The third-order valence-corrected chi connectivity index (χ3v) is 6.52. The Morgan fingerprint density at radius 2 is 2.00 bits per heavy atom. The molecule has 0 N–H and O–H groups in total. The van der Waals surface area contributed by atoms with Crippen molar-refractivity contribution in [2.75, 3.05) is 31.2 Å². The van der Waals surface area contributed by atoms with Crippen LogP contribution in [-0.2, 0) is 11.2 Å². The van der Waals surface area contributed by atoms with Gasteiger partial charge in [0.15, 0.2) is 5.65 Å². The van der Waals surface area contributed by atoms with Gasteiger partial charge >= 0.3 is 0 Å². The van der Waals surface area contributed by atoms with Gasteiger partial charge < -0.3 is 14.2 Å². The lowest BCUT2D eigenvalue weighted by atomic mass is 10.0. The number of imidazole rings is 1. The summed E-state index contributed by atoms with van der Waals surface area (Å²) in [6.45, 7) is 5.38. The van der Waals surface area contributed by atoms with Gasteiger partial charge in [-0.25, -0.2) is 9.97 Å². The second-order valence-corrected chi connectivity index (χ2v) is 8.36. The molecular weight excluding hydrogens is 362 g/mol. The lowest BCUT2D eigenvalue weighted by molar-refractivity contribution is 0.122. The highest BCUT2D eigenvalue weighted by Crippen LogP contribution is 2.41. The summed E-state index contributed by atoms with van der Waals surface area (Å²) < 4.78 is 7.81. The van der Waals surface area contributed by atoms with Crippen LogP contribution in [-0.4, -0.2) is 45.8 Å². The van der Waals surface area contributed by atoms with E-state index < -0.39 is 0 Å². The standard InChI is InChI=1S/C23H25N5O/c1-15(16-8-9-16)28-14-24-21-20(19-7-3-5-17-4-2-6-18(17)19)25-23(26-22(21)28)27-10-12-29-13-11-27/h2-3,5-7,14-16H,4,8-13H2,1H3. The molecule has 1 aliphatic heterocycles. The van der Waals surface area contributed by atoms with Gasteiger partial charge in [0.05, 0.1) is 19.5 Å². The number of fused-ring (bicyclic) bond motifs is 2. The number of aromatic nitrogens is 4. The summed E-state index contributed by atoms with van der Waals surface area (Å²) in [7, 11) is 0. The van der Waals surface area contributed by atoms with Gasteiger partial charge in [0.1, 0.15) is 11.2 Å². The van der Waals surface area contributed by atoms with Crippen molar-refractivity contribution in [3.05, 3.63) is 41.7 Å². The first-order chi connectivity index (χ1) is 14.3. The zero-order valence-corrected chi connectivity index (χ0v) is 16.7. The van der Waals surface area contributed by atoms with Gasteiger partial charge in [-0.2, -0.15) is 4.98 Å². The molecule has 6 heteroatoms. The van der Waals surface area contributed by atoms with Crippen molar-refractivity contribution in [2.24, 2.45) is 5.92 Å². The predicted octanol–water partition coefficient (Wildman–Crippen LogP) is 3.87. The average Bonchev–Trinajstić information content (AvgIpc) is 3.35. The molecule has 3 aliphatic rings. The number of anilines is 1. The predicted molar refractivity (Wildman–Crippen MR) is 114 cm³/mol. The summed E-state index contributed by atoms with van der Waals surface area (Å²) in [5, 5.41) is 0. The molecule has 3 heterocycles. The van der Waals surface area contributed by atoms with Gasteiger partial charge in [-0.15, -0.1) is 0 Å². The maximum atomic E-state index is 5.55. The molecule has 1 saturated carbocycles. The fourth-order valence-corrected chi connectivity index (χ4v) is 4.60. The lowest BCUT2D eigenvalue weighted by Crippen LogP contribution is -2.37. The minimum atomic E-state index is 0.418. The molecular formula is C23H25N5O.